The number of hydroxylamine groups is 2. The largest absolute Gasteiger partial charge is 0.487 e. The molecule has 2 atom stereocenters. The van der Waals surface area contributed by atoms with Crippen molar-refractivity contribution in [3.63, 3.8) is 0 Å². The number of carbonyl (C=O) groups excluding carboxylic acids is 2. The van der Waals surface area contributed by atoms with Gasteiger partial charge in [0.1, 0.15) is 29.9 Å². The zero-order valence-electron chi connectivity index (χ0n) is 24.3. The van der Waals surface area contributed by atoms with E-state index in [9.17, 15) is 27.9 Å². The van der Waals surface area contributed by atoms with Gasteiger partial charge >= 0.3 is 16.4 Å². The van der Waals surface area contributed by atoms with Crippen LogP contribution >= 0.6 is 11.3 Å². The van der Waals surface area contributed by atoms with Crippen molar-refractivity contribution in [2.75, 3.05) is 24.2 Å². The lowest BCUT2D eigenvalue weighted by Gasteiger charge is -2.50. The molecule has 3 aromatic heterocycles. The molecule has 2 amide bonds. The Hall–Kier alpha value is -4.90. The quantitative estimate of drug-likeness (QED) is 0.0480. The number of aryl methyl sites for hydroxylation is 1. The summed E-state index contributed by atoms with van der Waals surface area (Å²) in [4.78, 5) is 55.1. The Balaban J connectivity index is 1.42. The second kappa shape index (κ2) is 14.0. The molecule has 3 aromatic rings. The first-order valence-electron chi connectivity index (χ1n) is 13.3. The standard InChI is InChI=1S/C24H30N10O10S2/c1-24(2)18(20(36)34(24)44-46(39,40)41)31-19(35)17(14-12-45-22(26)29-14)32-43-15(21(37)38)11-42-13-4-5-16(28-10-13)30-23-27-7-9-33(23)8-3-6-25/h4-5,7,9-10,12,15,18H,3,6,8,11,25H2,1-2H3,(H2,26,29)(H,31,35)(H,37,38)(H,27,28,30)(H,39,40,41)/b32-17-. The van der Waals surface area contributed by atoms with Gasteiger partial charge < -0.3 is 41.3 Å². The second-order valence-corrected chi connectivity index (χ2v) is 11.9. The fraction of sp³-hybridized carbons (Fsp3) is 0.375. The molecule has 1 fully saturated rings. The number of hydrogen-bond donors (Lipinski definition) is 6. The Kier molecular flexibility index (Phi) is 10.4. The van der Waals surface area contributed by atoms with Gasteiger partial charge in [-0.05, 0) is 38.9 Å². The summed E-state index contributed by atoms with van der Waals surface area (Å²) >= 11 is 0.947. The predicted molar refractivity (Wildman–Crippen MR) is 160 cm³/mol. The molecule has 8 N–H and O–H groups in total. The number of pyridine rings is 1. The van der Waals surface area contributed by atoms with Crippen LogP contribution in [0.1, 0.15) is 26.0 Å². The zero-order valence-corrected chi connectivity index (χ0v) is 25.9. The number of ether oxygens (including phenoxy) is 1. The van der Waals surface area contributed by atoms with Crippen LogP contribution in [-0.4, -0.2) is 97.0 Å². The first-order valence-corrected chi connectivity index (χ1v) is 15.5. The van der Waals surface area contributed by atoms with Crippen LogP contribution in [0.4, 0.5) is 16.9 Å². The Bertz CT molecular complexity index is 1710. The third-order valence-corrected chi connectivity index (χ3v) is 7.36. The highest BCUT2D eigenvalue weighted by molar-refractivity contribution is 7.80. The van der Waals surface area contributed by atoms with E-state index in [1.54, 1.807) is 18.5 Å². The minimum Gasteiger partial charge on any atom is -0.487 e. The molecule has 2 unspecified atom stereocenters. The molecule has 4 rings (SSSR count). The summed E-state index contributed by atoms with van der Waals surface area (Å²) in [5, 5.41) is 20.5. The van der Waals surface area contributed by atoms with Crippen molar-refractivity contribution in [3.8, 4) is 5.75 Å². The zero-order chi connectivity index (χ0) is 33.6. The van der Waals surface area contributed by atoms with Gasteiger partial charge in [0.15, 0.2) is 10.8 Å². The summed E-state index contributed by atoms with van der Waals surface area (Å²) in [5.74, 6) is -2.32. The number of carboxylic acids is 1. The number of nitrogen functional groups attached to an aromatic ring is 1. The monoisotopic (exact) mass is 682 g/mol. The minimum atomic E-state index is -5.02. The van der Waals surface area contributed by atoms with Gasteiger partial charge in [-0.15, -0.1) is 15.6 Å². The molecule has 20 nitrogen and oxygen atoms in total. The van der Waals surface area contributed by atoms with Crippen molar-refractivity contribution in [1.29, 1.82) is 0 Å². The summed E-state index contributed by atoms with van der Waals surface area (Å²) in [7, 11) is -5.02. The number of nitrogens with zero attached hydrogens (tertiary/aromatic N) is 6. The molecular weight excluding hydrogens is 652 g/mol. The van der Waals surface area contributed by atoms with Crippen LogP contribution in [0, 0.1) is 0 Å². The minimum absolute atomic E-state index is 0.0476. The number of oxime groups is 1. The van der Waals surface area contributed by atoms with Gasteiger partial charge in [0, 0.05) is 24.3 Å². The number of thiazole rings is 1. The van der Waals surface area contributed by atoms with Crippen molar-refractivity contribution >= 4 is 62.1 Å². The normalized spacial score (nSPS) is 16.8. The summed E-state index contributed by atoms with van der Waals surface area (Å²) < 4.78 is 42.7. The first-order chi connectivity index (χ1) is 21.7. The van der Waals surface area contributed by atoms with E-state index in [0.717, 1.165) is 17.8 Å². The Morgan fingerprint density at radius 3 is 2.63 bits per heavy atom. The average Bonchev–Trinajstić information content (AvgIpc) is 3.63. The maximum atomic E-state index is 13.2. The summed E-state index contributed by atoms with van der Waals surface area (Å²) in [6.07, 6.45) is 3.82. The maximum Gasteiger partial charge on any atom is 0.418 e. The molecule has 0 bridgehead atoms. The molecular formula is C24H30N10O10S2. The molecule has 1 aliphatic rings. The van der Waals surface area contributed by atoms with Crippen LogP contribution < -0.4 is 26.8 Å². The smallest absolute Gasteiger partial charge is 0.418 e. The number of nitrogens with one attached hydrogen (secondary N) is 2. The molecule has 248 valence electrons. The molecule has 46 heavy (non-hydrogen) atoms. The van der Waals surface area contributed by atoms with E-state index >= 15 is 0 Å². The van der Waals surface area contributed by atoms with E-state index in [0.29, 0.717) is 29.9 Å². The fourth-order valence-electron chi connectivity index (χ4n) is 3.98. The number of imidazole rings is 1. The Labute approximate surface area is 265 Å². The third kappa shape index (κ3) is 8.22. The van der Waals surface area contributed by atoms with Crippen molar-refractivity contribution in [1.82, 2.24) is 29.9 Å². The van der Waals surface area contributed by atoms with Crippen molar-refractivity contribution < 1.29 is 46.3 Å². The Morgan fingerprint density at radius 2 is 2.04 bits per heavy atom. The van der Waals surface area contributed by atoms with Gasteiger partial charge in [0.25, 0.3) is 17.9 Å². The van der Waals surface area contributed by atoms with Gasteiger partial charge in [0.05, 0.1) is 11.7 Å². The first kappa shape index (κ1) is 34.0. The lowest BCUT2D eigenvalue weighted by Crippen LogP contribution is -2.76. The lowest BCUT2D eigenvalue weighted by molar-refractivity contribution is -0.218. The van der Waals surface area contributed by atoms with Crippen molar-refractivity contribution in [3.05, 3.63) is 41.8 Å². The van der Waals surface area contributed by atoms with E-state index in [1.807, 2.05) is 4.57 Å². The van der Waals surface area contributed by atoms with Gasteiger partial charge in [0.2, 0.25) is 5.95 Å². The average molecular weight is 683 g/mol. The summed E-state index contributed by atoms with van der Waals surface area (Å²) in [5.41, 5.74) is 9.17. The highest BCUT2D eigenvalue weighted by Gasteiger charge is 2.58. The van der Waals surface area contributed by atoms with Crippen LogP contribution in [0.2, 0.25) is 0 Å². The molecule has 4 heterocycles. The number of rotatable bonds is 16. The predicted octanol–water partition coefficient (Wildman–Crippen LogP) is -0.498. The van der Waals surface area contributed by atoms with Crippen LogP contribution in [0.25, 0.3) is 0 Å². The number of anilines is 3. The second-order valence-electron chi connectivity index (χ2n) is 10.0. The molecule has 0 radical (unpaired) electrons. The lowest BCUT2D eigenvalue weighted by atomic mass is 9.84. The molecule has 1 saturated heterocycles. The maximum absolute atomic E-state index is 13.2. The van der Waals surface area contributed by atoms with Gasteiger partial charge in [-0.1, -0.05) is 5.16 Å². The molecule has 0 saturated carbocycles. The number of carboxylic acid groups (broad SMARTS) is 1. The number of β-lactam (4-membered cyclic amide) rings is 1. The van der Waals surface area contributed by atoms with Gasteiger partial charge in [-0.3, -0.25) is 14.1 Å². The summed E-state index contributed by atoms with van der Waals surface area (Å²) in [6.45, 7) is 3.34. The van der Waals surface area contributed by atoms with Gasteiger partial charge in [-0.25, -0.2) is 19.7 Å². The van der Waals surface area contributed by atoms with Crippen LogP contribution in [0.3, 0.4) is 0 Å². The fourth-order valence-corrected chi connectivity index (χ4v) is 4.99. The Morgan fingerprint density at radius 1 is 1.28 bits per heavy atom. The van der Waals surface area contributed by atoms with Crippen LogP contribution in [0.15, 0.2) is 41.3 Å². The third-order valence-electron chi connectivity index (χ3n) is 6.34. The molecule has 1 aliphatic heterocycles. The number of amides is 2. The van der Waals surface area contributed by atoms with E-state index < -0.39 is 58.2 Å². The van der Waals surface area contributed by atoms with Gasteiger partial charge in [-0.2, -0.15) is 13.5 Å². The number of nitrogens with two attached hydrogens (primary N) is 2. The van der Waals surface area contributed by atoms with E-state index in [1.165, 1.54) is 31.5 Å². The molecule has 0 spiro atoms. The van der Waals surface area contributed by atoms with E-state index in [4.69, 9.17) is 25.6 Å². The number of carbonyl (C=O) groups is 3. The molecule has 0 aliphatic carbocycles. The van der Waals surface area contributed by atoms with Crippen LogP contribution in [-0.2, 0) is 40.4 Å². The van der Waals surface area contributed by atoms with E-state index in [2.05, 4.69) is 35.0 Å². The van der Waals surface area contributed by atoms with Crippen molar-refractivity contribution in [2.45, 2.75) is 44.5 Å². The highest BCUT2D eigenvalue weighted by atomic mass is 32.3. The number of aromatic nitrogens is 4. The van der Waals surface area contributed by atoms with E-state index in [-0.39, 0.29) is 16.6 Å². The van der Waals surface area contributed by atoms with Crippen LogP contribution in [0.5, 0.6) is 5.75 Å². The summed E-state index contributed by atoms with van der Waals surface area (Å²) in [6, 6.07) is 1.79. The molecule has 0 aromatic carbocycles. The topological polar surface area (TPSA) is 289 Å². The number of hydrogen-bond acceptors (Lipinski definition) is 16. The number of aliphatic carboxylic acids is 1. The van der Waals surface area contributed by atoms with Crippen molar-refractivity contribution in [2.24, 2.45) is 10.9 Å². The highest BCUT2D eigenvalue weighted by Crippen LogP contribution is 2.33. The SMILES string of the molecule is CC1(C)C(NC(=O)/C(=N\OC(COc2ccc(Nc3nccn3CCCN)nc2)C(=O)O)c2csc(N)n2)C(=O)N1OS(=O)(=O)O. The molecule has 22 heteroatoms.